The second-order valence-electron chi connectivity index (χ2n) is 3.62. The molecule has 0 bridgehead atoms. The molecule has 98 valence electrons. The summed E-state index contributed by atoms with van der Waals surface area (Å²) in [6.07, 6.45) is 0.901. The van der Waals surface area contributed by atoms with Crippen LogP contribution < -0.4 is 15.8 Å². The van der Waals surface area contributed by atoms with E-state index in [0.717, 1.165) is 0 Å². The van der Waals surface area contributed by atoms with E-state index in [1.807, 2.05) is 0 Å². The highest BCUT2D eigenvalue weighted by atomic mass is 35.5. The van der Waals surface area contributed by atoms with Crippen molar-refractivity contribution in [3.63, 3.8) is 0 Å². The number of rotatable bonds is 6. The predicted octanol–water partition coefficient (Wildman–Crippen LogP) is 1.75. The largest absolute Gasteiger partial charge is 0.495 e. The average Bonchev–Trinajstić information content (AvgIpc) is 2.36. The van der Waals surface area contributed by atoms with Gasteiger partial charge in [-0.3, -0.25) is 9.59 Å². The van der Waals surface area contributed by atoms with E-state index in [-0.39, 0.29) is 5.91 Å². The summed E-state index contributed by atoms with van der Waals surface area (Å²) >= 11 is 5.51. The van der Waals surface area contributed by atoms with Gasteiger partial charge in [0.2, 0.25) is 11.8 Å². The molecular weight excluding hydrogens is 256 g/mol. The van der Waals surface area contributed by atoms with Gasteiger partial charge in [-0.15, -0.1) is 11.6 Å². The van der Waals surface area contributed by atoms with Crippen LogP contribution in [0.25, 0.3) is 0 Å². The van der Waals surface area contributed by atoms with Crippen LogP contribution in [-0.2, 0) is 4.79 Å². The average molecular weight is 271 g/mol. The van der Waals surface area contributed by atoms with Gasteiger partial charge in [-0.1, -0.05) is 0 Å². The van der Waals surface area contributed by atoms with Gasteiger partial charge in [0.05, 0.1) is 12.8 Å². The lowest BCUT2D eigenvalue weighted by molar-refractivity contribution is -0.116. The Hall–Kier alpha value is -1.75. The number of hydrogen-bond acceptors (Lipinski definition) is 3. The van der Waals surface area contributed by atoms with Crippen molar-refractivity contribution < 1.29 is 14.3 Å². The van der Waals surface area contributed by atoms with Gasteiger partial charge in [0, 0.05) is 17.9 Å². The summed E-state index contributed by atoms with van der Waals surface area (Å²) in [4.78, 5) is 22.6. The zero-order valence-electron chi connectivity index (χ0n) is 10.0. The Labute approximate surface area is 110 Å². The molecule has 18 heavy (non-hydrogen) atoms. The molecule has 1 rings (SSSR count). The minimum Gasteiger partial charge on any atom is -0.495 e. The molecule has 0 fully saturated rings. The van der Waals surface area contributed by atoms with E-state index in [4.69, 9.17) is 22.1 Å². The summed E-state index contributed by atoms with van der Waals surface area (Å²) < 4.78 is 5.09. The number of nitrogens with two attached hydrogens (primary N) is 1. The van der Waals surface area contributed by atoms with Crippen molar-refractivity contribution >= 4 is 29.1 Å². The SMILES string of the molecule is COc1ccc(C(N)=O)cc1NC(=O)CCCCl. The Morgan fingerprint density at radius 2 is 2.17 bits per heavy atom. The maximum Gasteiger partial charge on any atom is 0.248 e. The van der Waals surface area contributed by atoms with Crippen molar-refractivity contribution in [1.82, 2.24) is 0 Å². The quantitative estimate of drug-likeness (QED) is 0.773. The van der Waals surface area contributed by atoms with E-state index in [1.165, 1.54) is 19.2 Å². The van der Waals surface area contributed by atoms with Gasteiger partial charge in [0.25, 0.3) is 0 Å². The van der Waals surface area contributed by atoms with E-state index in [1.54, 1.807) is 6.07 Å². The highest BCUT2D eigenvalue weighted by molar-refractivity contribution is 6.18. The van der Waals surface area contributed by atoms with Crippen molar-refractivity contribution in [1.29, 1.82) is 0 Å². The molecule has 2 amide bonds. The molecule has 0 saturated heterocycles. The third-order valence-electron chi connectivity index (χ3n) is 2.30. The highest BCUT2D eigenvalue weighted by Crippen LogP contribution is 2.25. The summed E-state index contributed by atoms with van der Waals surface area (Å²) in [5, 5.41) is 2.66. The summed E-state index contributed by atoms with van der Waals surface area (Å²) in [6.45, 7) is 0. The molecule has 0 spiro atoms. The first-order valence-corrected chi connectivity index (χ1v) is 5.95. The van der Waals surface area contributed by atoms with Crippen molar-refractivity contribution in [2.75, 3.05) is 18.3 Å². The van der Waals surface area contributed by atoms with Gasteiger partial charge in [-0.05, 0) is 24.6 Å². The number of halogens is 1. The first kappa shape index (κ1) is 14.3. The van der Waals surface area contributed by atoms with Crippen molar-refractivity contribution in [2.24, 2.45) is 5.73 Å². The molecule has 0 aliphatic carbocycles. The minimum absolute atomic E-state index is 0.185. The number of hydrogen-bond donors (Lipinski definition) is 2. The fraction of sp³-hybridized carbons (Fsp3) is 0.333. The molecule has 0 unspecified atom stereocenters. The van der Waals surface area contributed by atoms with Crippen LogP contribution >= 0.6 is 11.6 Å². The molecule has 1 aromatic rings. The van der Waals surface area contributed by atoms with Gasteiger partial charge in [-0.2, -0.15) is 0 Å². The van der Waals surface area contributed by atoms with Crippen LogP contribution in [0.5, 0.6) is 5.75 Å². The van der Waals surface area contributed by atoms with E-state index in [9.17, 15) is 9.59 Å². The first-order chi connectivity index (χ1) is 8.58. The summed E-state index contributed by atoms with van der Waals surface area (Å²) in [7, 11) is 1.48. The Balaban J connectivity index is 2.87. The van der Waals surface area contributed by atoms with Crippen LogP contribution in [0.1, 0.15) is 23.2 Å². The number of primary amides is 1. The number of carbonyl (C=O) groups is 2. The van der Waals surface area contributed by atoms with Crippen LogP contribution in [-0.4, -0.2) is 24.8 Å². The van der Waals surface area contributed by atoms with Gasteiger partial charge >= 0.3 is 0 Å². The lowest BCUT2D eigenvalue weighted by atomic mass is 10.1. The maximum atomic E-state index is 11.6. The molecule has 0 saturated carbocycles. The molecule has 0 radical (unpaired) electrons. The number of ether oxygens (including phenoxy) is 1. The molecular formula is C12H15ClN2O3. The smallest absolute Gasteiger partial charge is 0.248 e. The number of nitrogens with one attached hydrogen (secondary N) is 1. The molecule has 0 atom stereocenters. The van der Waals surface area contributed by atoms with Crippen molar-refractivity contribution in [2.45, 2.75) is 12.8 Å². The topological polar surface area (TPSA) is 81.4 Å². The Morgan fingerprint density at radius 1 is 1.44 bits per heavy atom. The molecule has 0 aliphatic rings. The Kier molecular flexibility index (Phi) is 5.45. The molecule has 1 aromatic carbocycles. The highest BCUT2D eigenvalue weighted by Gasteiger charge is 2.10. The number of alkyl halides is 1. The molecule has 6 heteroatoms. The normalized spacial score (nSPS) is 9.89. The lowest BCUT2D eigenvalue weighted by Gasteiger charge is -2.11. The van der Waals surface area contributed by atoms with Gasteiger partial charge in [-0.25, -0.2) is 0 Å². The fourth-order valence-corrected chi connectivity index (χ4v) is 1.53. The van der Waals surface area contributed by atoms with E-state index in [2.05, 4.69) is 5.32 Å². The van der Waals surface area contributed by atoms with Gasteiger partial charge in [0.1, 0.15) is 5.75 Å². The number of amides is 2. The molecule has 0 aliphatic heterocycles. The molecule has 3 N–H and O–H groups in total. The third kappa shape index (κ3) is 3.92. The maximum absolute atomic E-state index is 11.6. The number of methoxy groups -OCH3 is 1. The summed E-state index contributed by atoms with van der Waals surface area (Å²) in [5.41, 5.74) is 5.91. The monoisotopic (exact) mass is 270 g/mol. The minimum atomic E-state index is -0.561. The van der Waals surface area contributed by atoms with Crippen LogP contribution in [0.4, 0.5) is 5.69 Å². The Morgan fingerprint density at radius 3 is 2.72 bits per heavy atom. The van der Waals surface area contributed by atoms with Crippen LogP contribution in [0, 0.1) is 0 Å². The Bertz CT molecular complexity index is 449. The van der Waals surface area contributed by atoms with Crippen LogP contribution in [0.3, 0.4) is 0 Å². The molecule has 5 nitrogen and oxygen atoms in total. The number of anilines is 1. The predicted molar refractivity (Wildman–Crippen MR) is 70.1 cm³/mol. The second kappa shape index (κ2) is 6.86. The zero-order valence-corrected chi connectivity index (χ0v) is 10.8. The third-order valence-corrected chi connectivity index (χ3v) is 2.56. The standard InChI is InChI=1S/C12H15ClN2O3/c1-18-10-5-4-8(12(14)17)7-9(10)15-11(16)3-2-6-13/h4-5,7H,2-3,6H2,1H3,(H2,14,17)(H,15,16). The van der Waals surface area contributed by atoms with Gasteiger partial charge < -0.3 is 15.8 Å². The fourth-order valence-electron chi connectivity index (χ4n) is 1.40. The van der Waals surface area contributed by atoms with Gasteiger partial charge in [0.15, 0.2) is 0 Å². The van der Waals surface area contributed by atoms with Crippen LogP contribution in [0.2, 0.25) is 0 Å². The molecule has 0 heterocycles. The van der Waals surface area contributed by atoms with Crippen molar-refractivity contribution in [3.8, 4) is 5.75 Å². The number of benzene rings is 1. The van der Waals surface area contributed by atoms with E-state index < -0.39 is 5.91 Å². The molecule has 0 aromatic heterocycles. The lowest BCUT2D eigenvalue weighted by Crippen LogP contribution is -2.15. The number of carbonyl (C=O) groups excluding carboxylic acids is 2. The first-order valence-electron chi connectivity index (χ1n) is 5.42. The zero-order chi connectivity index (χ0) is 13.5. The summed E-state index contributed by atoms with van der Waals surface area (Å²) in [6, 6.07) is 4.60. The van der Waals surface area contributed by atoms with E-state index >= 15 is 0 Å². The summed E-state index contributed by atoms with van der Waals surface area (Å²) in [5.74, 6) is 0.148. The second-order valence-corrected chi connectivity index (χ2v) is 4.00. The van der Waals surface area contributed by atoms with Crippen molar-refractivity contribution in [3.05, 3.63) is 23.8 Å². The van der Waals surface area contributed by atoms with Crippen LogP contribution in [0.15, 0.2) is 18.2 Å². The van der Waals surface area contributed by atoms with E-state index in [0.29, 0.717) is 35.7 Å².